The zero-order chi connectivity index (χ0) is 20.2. The molecule has 10 heteroatoms. The molecule has 0 saturated heterocycles. The number of nitrogens with zero attached hydrogens (tertiary/aromatic N) is 2. The van der Waals surface area contributed by atoms with E-state index >= 15 is 0 Å². The predicted molar refractivity (Wildman–Crippen MR) is 111 cm³/mol. The van der Waals surface area contributed by atoms with E-state index in [1.165, 1.54) is 17.4 Å². The van der Waals surface area contributed by atoms with Gasteiger partial charge in [-0.25, -0.2) is 4.79 Å². The summed E-state index contributed by atoms with van der Waals surface area (Å²) in [4.78, 5) is 12.8. The fourth-order valence-corrected chi connectivity index (χ4v) is 4.11. The summed E-state index contributed by atoms with van der Waals surface area (Å²) in [5, 5.41) is 8.27. The van der Waals surface area contributed by atoms with Crippen LogP contribution in [0.2, 0.25) is 5.02 Å². The Kier molecular flexibility index (Phi) is 6.17. The Morgan fingerprint density at radius 2 is 2.14 bits per heavy atom. The maximum absolute atomic E-state index is 12.0. The molecule has 4 rings (SSSR count). The molecule has 0 unspecified atom stereocenters. The van der Waals surface area contributed by atoms with Crippen LogP contribution in [0, 0.1) is 0 Å². The average molecular weight is 498 g/mol. The third-order valence-electron chi connectivity index (χ3n) is 3.83. The first-order valence-electron chi connectivity index (χ1n) is 8.60. The minimum absolute atomic E-state index is 0.120. The summed E-state index contributed by atoms with van der Waals surface area (Å²) in [6, 6.07) is 7.21. The molecule has 0 atom stereocenters. The summed E-state index contributed by atoms with van der Waals surface area (Å²) in [6.45, 7) is 0.979. The number of rotatable bonds is 5. The topological polar surface area (TPSA) is 83.7 Å². The number of ether oxygens (including phenoxy) is 3. The van der Waals surface area contributed by atoms with Crippen molar-refractivity contribution in [3.8, 4) is 22.3 Å². The Labute approximate surface area is 183 Å². The molecule has 2 aromatic heterocycles. The lowest BCUT2D eigenvalue weighted by Crippen LogP contribution is -2.01. The summed E-state index contributed by atoms with van der Waals surface area (Å²) in [7, 11) is 0. The molecule has 0 bridgehead atoms. The quantitative estimate of drug-likeness (QED) is 0.357. The van der Waals surface area contributed by atoms with Crippen LogP contribution < -0.4 is 9.47 Å². The number of esters is 1. The molecule has 0 fully saturated rings. The normalized spacial score (nSPS) is 13.4. The average Bonchev–Trinajstić information content (AvgIpc) is 3.28. The smallest absolute Gasteiger partial charge is 0.331 e. The first kappa shape index (κ1) is 19.9. The van der Waals surface area contributed by atoms with Crippen LogP contribution in [-0.4, -0.2) is 29.4 Å². The zero-order valence-electron chi connectivity index (χ0n) is 14.9. The van der Waals surface area contributed by atoms with Gasteiger partial charge in [0.15, 0.2) is 18.1 Å². The number of carbonyl (C=O) groups excluding carboxylic acids is 1. The van der Waals surface area contributed by atoms with Gasteiger partial charge in [0, 0.05) is 12.5 Å². The Morgan fingerprint density at radius 1 is 1.28 bits per heavy atom. The molecule has 3 heterocycles. The number of hydrogen-bond donors (Lipinski definition) is 0. The number of fused-ring (bicyclic) bond motifs is 1. The van der Waals surface area contributed by atoms with E-state index in [1.807, 2.05) is 12.1 Å². The van der Waals surface area contributed by atoms with Crippen molar-refractivity contribution in [2.24, 2.45) is 0 Å². The van der Waals surface area contributed by atoms with Crippen molar-refractivity contribution in [2.75, 3.05) is 13.2 Å². The molecule has 0 spiro atoms. The molecule has 29 heavy (non-hydrogen) atoms. The van der Waals surface area contributed by atoms with Crippen LogP contribution in [0.4, 0.5) is 0 Å². The summed E-state index contributed by atoms with van der Waals surface area (Å²) in [5.41, 5.74) is 0.694. The highest BCUT2D eigenvalue weighted by molar-refractivity contribution is 9.11. The minimum Gasteiger partial charge on any atom is -0.489 e. The monoisotopic (exact) mass is 496 g/mol. The lowest BCUT2D eigenvalue weighted by Gasteiger charge is -2.09. The number of benzene rings is 1. The highest BCUT2D eigenvalue weighted by Gasteiger charge is 2.15. The second kappa shape index (κ2) is 8.98. The van der Waals surface area contributed by atoms with E-state index in [0.29, 0.717) is 41.2 Å². The highest BCUT2D eigenvalue weighted by Crippen LogP contribution is 2.38. The van der Waals surface area contributed by atoms with Crippen LogP contribution in [0.3, 0.4) is 0 Å². The largest absolute Gasteiger partial charge is 0.489 e. The highest BCUT2D eigenvalue weighted by atomic mass is 79.9. The third-order valence-corrected chi connectivity index (χ3v) is 5.72. The SMILES string of the molecule is O=C(/C=C/c1cc(Cl)c2c(c1)OCCCO2)OCc1nnc(-c2ccc(Br)s2)o1. The molecule has 0 saturated carbocycles. The van der Waals surface area contributed by atoms with E-state index < -0.39 is 5.97 Å². The van der Waals surface area contributed by atoms with Crippen LogP contribution in [-0.2, 0) is 16.1 Å². The molecule has 7 nitrogen and oxygen atoms in total. The van der Waals surface area contributed by atoms with E-state index in [9.17, 15) is 4.79 Å². The van der Waals surface area contributed by atoms with Crippen molar-refractivity contribution in [3.05, 3.63) is 50.6 Å². The van der Waals surface area contributed by atoms with Crippen molar-refractivity contribution >= 4 is 50.9 Å². The van der Waals surface area contributed by atoms with Crippen molar-refractivity contribution < 1.29 is 23.4 Å². The van der Waals surface area contributed by atoms with E-state index in [2.05, 4.69) is 26.1 Å². The standard InChI is InChI=1S/C19H14BrClN2O5S/c20-15-4-3-14(29-15)19-23-22-16(28-19)10-27-17(24)5-2-11-8-12(21)18-13(9-11)25-6-1-7-26-18/h2-5,8-9H,1,6-7,10H2/b5-2+. The Bertz CT molecular complexity index is 1060. The molecule has 1 aliphatic heterocycles. The molecular weight excluding hydrogens is 484 g/mol. The van der Waals surface area contributed by atoms with E-state index in [4.69, 9.17) is 30.2 Å². The van der Waals surface area contributed by atoms with Crippen molar-refractivity contribution in [2.45, 2.75) is 13.0 Å². The predicted octanol–water partition coefficient (Wildman–Crippen LogP) is 5.13. The molecule has 1 aliphatic rings. The Hall–Kier alpha value is -2.36. The maximum atomic E-state index is 12.0. The minimum atomic E-state index is -0.549. The molecule has 3 aromatic rings. The molecule has 1 aromatic carbocycles. The second-order valence-corrected chi connectivity index (χ2v) is 8.80. The molecule has 0 amide bonds. The summed E-state index contributed by atoms with van der Waals surface area (Å²) in [6.07, 6.45) is 3.66. The van der Waals surface area contributed by atoms with E-state index in [-0.39, 0.29) is 12.5 Å². The van der Waals surface area contributed by atoms with Gasteiger partial charge in [-0.05, 0) is 51.8 Å². The van der Waals surface area contributed by atoms with Gasteiger partial charge in [0.25, 0.3) is 11.8 Å². The number of aromatic nitrogens is 2. The second-order valence-electron chi connectivity index (χ2n) is 5.93. The van der Waals surface area contributed by atoms with Gasteiger partial charge in [-0.2, -0.15) is 0 Å². The number of thiophene rings is 1. The lowest BCUT2D eigenvalue weighted by atomic mass is 10.2. The van der Waals surface area contributed by atoms with Crippen molar-refractivity contribution in [1.29, 1.82) is 0 Å². The van der Waals surface area contributed by atoms with Gasteiger partial charge in [0.2, 0.25) is 0 Å². The number of hydrogen-bond acceptors (Lipinski definition) is 8. The fourth-order valence-electron chi connectivity index (χ4n) is 2.53. The van der Waals surface area contributed by atoms with Crippen LogP contribution >= 0.6 is 38.9 Å². The Balaban J connectivity index is 1.36. The van der Waals surface area contributed by atoms with Crippen LogP contribution in [0.25, 0.3) is 16.8 Å². The van der Waals surface area contributed by atoms with Crippen LogP contribution in [0.1, 0.15) is 17.9 Å². The maximum Gasteiger partial charge on any atom is 0.331 e. The van der Waals surface area contributed by atoms with Crippen molar-refractivity contribution in [3.63, 3.8) is 0 Å². The van der Waals surface area contributed by atoms with Gasteiger partial charge in [0.05, 0.1) is 26.9 Å². The zero-order valence-corrected chi connectivity index (χ0v) is 18.1. The first-order chi connectivity index (χ1) is 14.1. The molecule has 150 valence electrons. The third kappa shape index (κ3) is 4.98. The molecule has 0 radical (unpaired) electrons. The van der Waals surface area contributed by atoms with Crippen molar-refractivity contribution in [1.82, 2.24) is 10.2 Å². The van der Waals surface area contributed by atoms with Crippen LogP contribution in [0.15, 0.2) is 38.5 Å². The molecule has 0 N–H and O–H groups in total. The first-order valence-corrected chi connectivity index (χ1v) is 10.6. The van der Waals surface area contributed by atoms with Gasteiger partial charge in [-0.15, -0.1) is 21.5 Å². The number of carbonyl (C=O) groups is 1. The Morgan fingerprint density at radius 3 is 2.97 bits per heavy atom. The van der Waals surface area contributed by atoms with E-state index in [1.54, 1.807) is 18.2 Å². The van der Waals surface area contributed by atoms with Gasteiger partial charge >= 0.3 is 5.97 Å². The fraction of sp³-hybridized carbons (Fsp3) is 0.211. The molecule has 0 aliphatic carbocycles. The van der Waals surface area contributed by atoms with Gasteiger partial charge in [0.1, 0.15) is 0 Å². The number of halogens is 2. The lowest BCUT2D eigenvalue weighted by molar-refractivity contribution is -0.139. The van der Waals surface area contributed by atoms with Crippen LogP contribution in [0.5, 0.6) is 11.5 Å². The van der Waals surface area contributed by atoms with Gasteiger partial charge in [-0.1, -0.05) is 11.6 Å². The van der Waals surface area contributed by atoms with E-state index in [0.717, 1.165) is 15.1 Å². The summed E-state index contributed by atoms with van der Waals surface area (Å²) < 4.78 is 22.8. The summed E-state index contributed by atoms with van der Waals surface area (Å²) in [5.74, 6) is 1.12. The van der Waals surface area contributed by atoms with Gasteiger partial charge < -0.3 is 18.6 Å². The van der Waals surface area contributed by atoms with Gasteiger partial charge in [-0.3, -0.25) is 0 Å². The summed E-state index contributed by atoms with van der Waals surface area (Å²) >= 11 is 11.1. The molecular formula is C19H14BrClN2O5S.